The highest BCUT2D eigenvalue weighted by molar-refractivity contribution is 5.77. The topological polar surface area (TPSA) is 52.2 Å². The summed E-state index contributed by atoms with van der Waals surface area (Å²) in [5.74, 6) is 0.285. The van der Waals surface area contributed by atoms with Crippen molar-refractivity contribution in [2.75, 3.05) is 13.1 Å². The minimum atomic E-state index is 0.285. The van der Waals surface area contributed by atoms with Gasteiger partial charge in [0.25, 0.3) is 0 Å². The smallest absolute Gasteiger partial charge is 0.222 e. The second kappa shape index (κ2) is 6.40. The van der Waals surface area contributed by atoms with Crippen LogP contribution in [0.25, 0.3) is 0 Å². The Morgan fingerprint density at radius 3 is 2.92 bits per heavy atom. The van der Waals surface area contributed by atoms with E-state index in [4.69, 9.17) is 0 Å². The zero-order chi connectivity index (χ0) is 16.5. The van der Waals surface area contributed by atoms with Crippen molar-refractivity contribution in [1.29, 1.82) is 0 Å². The normalized spacial score (nSPS) is 21.8. The van der Waals surface area contributed by atoms with Gasteiger partial charge in [0.1, 0.15) is 0 Å². The number of likely N-dealkylation sites (tertiary alicyclic amines) is 1. The van der Waals surface area contributed by atoms with Crippen LogP contribution in [0.1, 0.15) is 35.4 Å². The molecule has 1 atom stereocenters. The Bertz CT molecular complexity index is 724. The van der Waals surface area contributed by atoms with Gasteiger partial charge < -0.3 is 4.90 Å². The summed E-state index contributed by atoms with van der Waals surface area (Å²) in [6, 6.07) is 10.7. The molecule has 0 aliphatic carbocycles. The van der Waals surface area contributed by atoms with Gasteiger partial charge in [-0.05, 0) is 18.9 Å². The number of hydrogen-bond donors (Lipinski definition) is 1. The third-order valence-corrected chi connectivity index (χ3v) is 5.36. The van der Waals surface area contributed by atoms with E-state index in [1.54, 1.807) is 0 Å². The SMILES string of the molecule is Cc1[nH]nc2c1CN([C@H]1CCC(=O)N(Cc3ccccc3)C1)CC2. The molecule has 24 heavy (non-hydrogen) atoms. The van der Waals surface area contributed by atoms with Crippen LogP contribution in [-0.4, -0.2) is 45.0 Å². The molecule has 1 saturated heterocycles. The number of amides is 1. The average molecular weight is 324 g/mol. The Morgan fingerprint density at radius 1 is 1.25 bits per heavy atom. The molecule has 5 nitrogen and oxygen atoms in total. The van der Waals surface area contributed by atoms with Crippen LogP contribution >= 0.6 is 0 Å². The van der Waals surface area contributed by atoms with Gasteiger partial charge in [0.05, 0.1) is 5.69 Å². The van der Waals surface area contributed by atoms with E-state index in [0.717, 1.165) is 39.0 Å². The monoisotopic (exact) mass is 324 g/mol. The van der Waals surface area contributed by atoms with Crippen molar-refractivity contribution in [2.45, 2.75) is 45.3 Å². The molecular weight excluding hydrogens is 300 g/mol. The summed E-state index contributed by atoms with van der Waals surface area (Å²) in [5, 5.41) is 7.51. The van der Waals surface area contributed by atoms with Crippen molar-refractivity contribution in [1.82, 2.24) is 20.0 Å². The number of hydrogen-bond acceptors (Lipinski definition) is 3. The van der Waals surface area contributed by atoms with Gasteiger partial charge in [-0.1, -0.05) is 30.3 Å². The Labute approximate surface area is 142 Å². The highest BCUT2D eigenvalue weighted by Gasteiger charge is 2.32. The maximum Gasteiger partial charge on any atom is 0.222 e. The summed E-state index contributed by atoms with van der Waals surface area (Å²) in [6.45, 7) is 5.65. The van der Waals surface area contributed by atoms with Crippen LogP contribution in [0.3, 0.4) is 0 Å². The molecular formula is C19H24N4O. The predicted molar refractivity (Wildman–Crippen MR) is 92.3 cm³/mol. The zero-order valence-electron chi connectivity index (χ0n) is 14.2. The molecule has 4 rings (SSSR count). The standard InChI is InChI=1S/C19H24N4O/c1-14-17-13-22(10-9-18(17)21-20-14)16-7-8-19(24)23(12-16)11-15-5-3-2-4-6-15/h2-6,16H,7-13H2,1H3,(H,20,21)/t16-/m0/s1. The van der Waals surface area contributed by atoms with Gasteiger partial charge in [-0.15, -0.1) is 0 Å². The van der Waals surface area contributed by atoms with Crippen molar-refractivity contribution < 1.29 is 4.79 Å². The molecule has 1 fully saturated rings. The van der Waals surface area contributed by atoms with Crippen LogP contribution in [0.4, 0.5) is 0 Å². The van der Waals surface area contributed by atoms with Crippen molar-refractivity contribution >= 4 is 5.91 Å². The zero-order valence-corrected chi connectivity index (χ0v) is 14.2. The van der Waals surface area contributed by atoms with Crippen LogP contribution in [-0.2, 0) is 24.3 Å². The number of nitrogens with one attached hydrogen (secondary N) is 1. The summed E-state index contributed by atoms with van der Waals surface area (Å²) in [7, 11) is 0. The number of rotatable bonds is 3. The molecule has 0 bridgehead atoms. The summed E-state index contributed by atoms with van der Waals surface area (Å²) < 4.78 is 0. The van der Waals surface area contributed by atoms with E-state index in [1.807, 2.05) is 23.1 Å². The lowest BCUT2D eigenvalue weighted by molar-refractivity contribution is -0.136. The summed E-state index contributed by atoms with van der Waals surface area (Å²) in [5.41, 5.74) is 4.96. The van der Waals surface area contributed by atoms with E-state index in [0.29, 0.717) is 12.5 Å². The summed E-state index contributed by atoms with van der Waals surface area (Å²) in [6.07, 6.45) is 2.63. The fourth-order valence-corrected chi connectivity index (χ4v) is 3.91. The Hall–Kier alpha value is -2.14. The van der Waals surface area contributed by atoms with Crippen molar-refractivity contribution in [3.8, 4) is 0 Å². The summed E-state index contributed by atoms with van der Waals surface area (Å²) in [4.78, 5) is 16.9. The second-order valence-corrected chi connectivity index (χ2v) is 6.95. The average Bonchev–Trinajstić information content (AvgIpc) is 2.98. The number of piperidine rings is 1. The number of nitrogens with zero attached hydrogens (tertiary/aromatic N) is 3. The number of carbonyl (C=O) groups excluding carboxylic acids is 1. The molecule has 5 heteroatoms. The highest BCUT2D eigenvalue weighted by atomic mass is 16.2. The highest BCUT2D eigenvalue weighted by Crippen LogP contribution is 2.26. The number of H-pyrrole nitrogens is 1. The molecule has 0 spiro atoms. The third kappa shape index (κ3) is 2.96. The number of carbonyl (C=O) groups is 1. The van der Waals surface area contributed by atoms with Crippen LogP contribution in [0.5, 0.6) is 0 Å². The molecule has 2 aliphatic rings. The number of aromatic amines is 1. The van der Waals surface area contributed by atoms with Crippen molar-refractivity contribution in [2.24, 2.45) is 0 Å². The minimum absolute atomic E-state index is 0.285. The van der Waals surface area contributed by atoms with Crippen LogP contribution in [0, 0.1) is 6.92 Å². The lowest BCUT2D eigenvalue weighted by Crippen LogP contribution is -2.51. The number of aryl methyl sites for hydroxylation is 1. The largest absolute Gasteiger partial charge is 0.337 e. The molecule has 0 saturated carbocycles. The fraction of sp³-hybridized carbons (Fsp3) is 0.474. The number of aromatic nitrogens is 2. The van der Waals surface area contributed by atoms with Gasteiger partial charge in [-0.25, -0.2) is 0 Å². The first-order valence-electron chi connectivity index (χ1n) is 8.79. The quantitative estimate of drug-likeness (QED) is 0.942. The van der Waals surface area contributed by atoms with Crippen molar-refractivity contribution in [3.05, 3.63) is 52.8 Å². The molecule has 1 aromatic carbocycles. The first-order valence-corrected chi connectivity index (χ1v) is 8.79. The summed E-state index contributed by atoms with van der Waals surface area (Å²) >= 11 is 0. The van der Waals surface area contributed by atoms with Crippen LogP contribution in [0.15, 0.2) is 30.3 Å². The van der Waals surface area contributed by atoms with Gasteiger partial charge in [0.2, 0.25) is 5.91 Å². The second-order valence-electron chi connectivity index (χ2n) is 6.95. The van der Waals surface area contributed by atoms with Gasteiger partial charge in [-0.2, -0.15) is 5.10 Å². The maximum absolute atomic E-state index is 12.3. The first kappa shape index (κ1) is 15.4. The fourth-order valence-electron chi connectivity index (χ4n) is 3.91. The number of fused-ring (bicyclic) bond motifs is 1. The van der Waals surface area contributed by atoms with E-state index in [9.17, 15) is 4.79 Å². The molecule has 0 radical (unpaired) electrons. The minimum Gasteiger partial charge on any atom is -0.337 e. The predicted octanol–water partition coefficient (Wildman–Crippen LogP) is 2.27. The third-order valence-electron chi connectivity index (χ3n) is 5.36. The molecule has 1 amide bonds. The maximum atomic E-state index is 12.3. The molecule has 126 valence electrons. The van der Waals surface area contributed by atoms with E-state index in [1.165, 1.54) is 22.5 Å². The van der Waals surface area contributed by atoms with E-state index >= 15 is 0 Å². The van der Waals surface area contributed by atoms with E-state index < -0.39 is 0 Å². The first-order chi connectivity index (χ1) is 11.7. The molecule has 2 aromatic rings. The Balaban J connectivity index is 1.45. The van der Waals surface area contributed by atoms with E-state index in [-0.39, 0.29) is 5.91 Å². The lowest BCUT2D eigenvalue weighted by atomic mass is 9.98. The van der Waals surface area contributed by atoms with E-state index in [2.05, 4.69) is 34.2 Å². The van der Waals surface area contributed by atoms with Crippen LogP contribution in [0.2, 0.25) is 0 Å². The van der Waals surface area contributed by atoms with Gasteiger partial charge in [-0.3, -0.25) is 14.8 Å². The lowest BCUT2D eigenvalue weighted by Gasteiger charge is -2.40. The molecule has 0 unspecified atom stereocenters. The number of benzene rings is 1. The molecule has 2 aliphatic heterocycles. The van der Waals surface area contributed by atoms with Gasteiger partial charge in [0, 0.05) is 56.3 Å². The Kier molecular flexibility index (Phi) is 4.10. The molecule has 1 aromatic heterocycles. The van der Waals surface area contributed by atoms with Gasteiger partial charge in [0.15, 0.2) is 0 Å². The van der Waals surface area contributed by atoms with Crippen molar-refractivity contribution in [3.63, 3.8) is 0 Å². The molecule has 3 heterocycles. The van der Waals surface area contributed by atoms with Crippen LogP contribution < -0.4 is 0 Å². The van der Waals surface area contributed by atoms with Gasteiger partial charge >= 0.3 is 0 Å². The Morgan fingerprint density at radius 2 is 2.08 bits per heavy atom. The molecule has 1 N–H and O–H groups in total.